The molecular formula is C23H20N4O. The van der Waals surface area contributed by atoms with Crippen molar-refractivity contribution in [2.75, 3.05) is 0 Å². The first-order valence-corrected chi connectivity index (χ1v) is 9.10. The standard InChI is InChI=1S/C23H20N4O/c1-17-7-5-8-18(13-17)14-25-23(28)21-16-27(20-10-3-2-4-11-20)26-22(21)19-9-6-12-24-15-19/h2-13,15-16H,14H2,1H3,(H,25,28). The number of hydrogen-bond donors (Lipinski definition) is 1. The summed E-state index contributed by atoms with van der Waals surface area (Å²) in [5.41, 5.74) is 5.05. The fraction of sp³-hybridized carbons (Fsp3) is 0.0870. The second-order valence-corrected chi connectivity index (χ2v) is 6.58. The van der Waals surface area contributed by atoms with Crippen LogP contribution >= 0.6 is 0 Å². The number of aromatic nitrogens is 3. The number of para-hydroxylation sites is 1. The molecule has 0 radical (unpaired) electrons. The first-order valence-electron chi connectivity index (χ1n) is 9.10. The van der Waals surface area contributed by atoms with Crippen LogP contribution in [0.2, 0.25) is 0 Å². The lowest BCUT2D eigenvalue weighted by Crippen LogP contribution is -2.23. The van der Waals surface area contributed by atoms with Gasteiger partial charge in [-0.05, 0) is 36.8 Å². The lowest BCUT2D eigenvalue weighted by atomic mass is 10.1. The molecule has 4 rings (SSSR count). The summed E-state index contributed by atoms with van der Waals surface area (Å²) in [4.78, 5) is 17.1. The van der Waals surface area contributed by atoms with Gasteiger partial charge < -0.3 is 5.32 Å². The summed E-state index contributed by atoms with van der Waals surface area (Å²) < 4.78 is 1.73. The van der Waals surface area contributed by atoms with E-state index in [2.05, 4.69) is 21.5 Å². The van der Waals surface area contributed by atoms with Crippen molar-refractivity contribution in [3.05, 3.63) is 102 Å². The van der Waals surface area contributed by atoms with Crippen LogP contribution in [0, 0.1) is 6.92 Å². The van der Waals surface area contributed by atoms with Gasteiger partial charge in [0, 0.05) is 30.7 Å². The minimum atomic E-state index is -0.164. The van der Waals surface area contributed by atoms with Crippen LogP contribution in [0.15, 0.2) is 85.3 Å². The van der Waals surface area contributed by atoms with Gasteiger partial charge in [0.05, 0.1) is 11.3 Å². The van der Waals surface area contributed by atoms with Gasteiger partial charge in [-0.3, -0.25) is 9.78 Å². The summed E-state index contributed by atoms with van der Waals surface area (Å²) in [5, 5.41) is 7.66. The summed E-state index contributed by atoms with van der Waals surface area (Å²) in [6.07, 6.45) is 5.19. The highest BCUT2D eigenvalue weighted by Crippen LogP contribution is 2.23. The van der Waals surface area contributed by atoms with Gasteiger partial charge in [0.25, 0.3) is 5.91 Å². The Kier molecular flexibility index (Phi) is 4.97. The molecule has 0 atom stereocenters. The zero-order valence-corrected chi connectivity index (χ0v) is 15.5. The Balaban J connectivity index is 1.66. The fourth-order valence-corrected chi connectivity index (χ4v) is 3.07. The zero-order valence-electron chi connectivity index (χ0n) is 15.5. The third kappa shape index (κ3) is 3.83. The molecule has 0 aliphatic carbocycles. The monoisotopic (exact) mass is 368 g/mol. The molecule has 0 aliphatic heterocycles. The molecule has 0 spiro atoms. The van der Waals surface area contributed by atoms with Crippen molar-refractivity contribution in [1.82, 2.24) is 20.1 Å². The molecule has 0 saturated heterocycles. The Morgan fingerprint density at radius 1 is 1.04 bits per heavy atom. The molecule has 28 heavy (non-hydrogen) atoms. The van der Waals surface area contributed by atoms with Crippen molar-refractivity contribution in [3.63, 3.8) is 0 Å². The van der Waals surface area contributed by atoms with Gasteiger partial charge in [-0.15, -0.1) is 0 Å². The Hall–Kier alpha value is -3.73. The number of carbonyl (C=O) groups is 1. The molecule has 0 fully saturated rings. The molecule has 0 bridgehead atoms. The maximum Gasteiger partial charge on any atom is 0.255 e. The molecule has 5 nitrogen and oxygen atoms in total. The van der Waals surface area contributed by atoms with E-state index in [1.807, 2.05) is 67.6 Å². The van der Waals surface area contributed by atoms with Crippen molar-refractivity contribution in [2.45, 2.75) is 13.5 Å². The van der Waals surface area contributed by atoms with Crippen LogP contribution in [0.25, 0.3) is 16.9 Å². The van der Waals surface area contributed by atoms with Crippen LogP contribution in [0.1, 0.15) is 21.5 Å². The van der Waals surface area contributed by atoms with E-state index in [0.717, 1.165) is 16.8 Å². The third-order valence-electron chi connectivity index (χ3n) is 4.45. The Labute approximate surface area is 163 Å². The average molecular weight is 368 g/mol. The van der Waals surface area contributed by atoms with Crippen LogP contribution in [-0.4, -0.2) is 20.7 Å². The van der Waals surface area contributed by atoms with E-state index in [-0.39, 0.29) is 5.91 Å². The van der Waals surface area contributed by atoms with Crippen LogP contribution in [0.3, 0.4) is 0 Å². The van der Waals surface area contributed by atoms with Crippen molar-refractivity contribution >= 4 is 5.91 Å². The average Bonchev–Trinajstić information content (AvgIpc) is 3.19. The number of hydrogen-bond acceptors (Lipinski definition) is 3. The van der Waals surface area contributed by atoms with Gasteiger partial charge in [0.1, 0.15) is 5.69 Å². The van der Waals surface area contributed by atoms with E-state index in [0.29, 0.717) is 17.8 Å². The van der Waals surface area contributed by atoms with Gasteiger partial charge in [0.2, 0.25) is 0 Å². The maximum atomic E-state index is 13.0. The SMILES string of the molecule is Cc1cccc(CNC(=O)c2cn(-c3ccccc3)nc2-c2cccnc2)c1. The van der Waals surface area contributed by atoms with Crippen LogP contribution in [-0.2, 0) is 6.54 Å². The van der Waals surface area contributed by atoms with E-state index < -0.39 is 0 Å². The first kappa shape index (κ1) is 17.7. The largest absolute Gasteiger partial charge is 0.348 e. The van der Waals surface area contributed by atoms with Crippen molar-refractivity contribution in [3.8, 4) is 16.9 Å². The smallest absolute Gasteiger partial charge is 0.255 e. The molecule has 0 saturated carbocycles. The maximum absolute atomic E-state index is 13.0. The molecule has 1 amide bonds. The number of aryl methyl sites for hydroxylation is 1. The minimum Gasteiger partial charge on any atom is -0.348 e. The highest BCUT2D eigenvalue weighted by atomic mass is 16.1. The molecule has 2 aromatic heterocycles. The Bertz CT molecular complexity index is 1090. The molecule has 0 aliphatic rings. The van der Waals surface area contributed by atoms with E-state index in [1.54, 1.807) is 23.3 Å². The summed E-state index contributed by atoms with van der Waals surface area (Å²) >= 11 is 0. The summed E-state index contributed by atoms with van der Waals surface area (Å²) in [6.45, 7) is 2.50. The van der Waals surface area contributed by atoms with Gasteiger partial charge in [0.15, 0.2) is 0 Å². The molecular weight excluding hydrogens is 348 g/mol. The lowest BCUT2D eigenvalue weighted by molar-refractivity contribution is 0.0951. The Morgan fingerprint density at radius 2 is 1.89 bits per heavy atom. The number of pyridine rings is 1. The predicted octanol–water partition coefficient (Wildman–Crippen LogP) is 4.17. The van der Waals surface area contributed by atoms with Crippen molar-refractivity contribution in [2.24, 2.45) is 0 Å². The van der Waals surface area contributed by atoms with E-state index in [9.17, 15) is 4.79 Å². The summed E-state index contributed by atoms with van der Waals surface area (Å²) in [5.74, 6) is -0.164. The van der Waals surface area contributed by atoms with Crippen molar-refractivity contribution < 1.29 is 4.79 Å². The summed E-state index contributed by atoms with van der Waals surface area (Å²) in [6, 6.07) is 21.6. The van der Waals surface area contributed by atoms with E-state index in [1.165, 1.54) is 5.56 Å². The molecule has 138 valence electrons. The van der Waals surface area contributed by atoms with E-state index >= 15 is 0 Å². The predicted molar refractivity (Wildman–Crippen MR) is 109 cm³/mol. The van der Waals surface area contributed by atoms with Crippen LogP contribution < -0.4 is 5.32 Å². The molecule has 2 aromatic carbocycles. The number of nitrogens with one attached hydrogen (secondary N) is 1. The minimum absolute atomic E-state index is 0.164. The first-order chi connectivity index (χ1) is 13.7. The zero-order chi connectivity index (χ0) is 19.3. The van der Waals surface area contributed by atoms with Crippen molar-refractivity contribution in [1.29, 1.82) is 0 Å². The lowest BCUT2D eigenvalue weighted by Gasteiger charge is -2.06. The fourth-order valence-electron chi connectivity index (χ4n) is 3.07. The summed E-state index contributed by atoms with van der Waals surface area (Å²) in [7, 11) is 0. The topological polar surface area (TPSA) is 59.8 Å². The molecule has 4 aromatic rings. The number of benzene rings is 2. The normalized spacial score (nSPS) is 10.6. The molecule has 2 heterocycles. The molecule has 1 N–H and O–H groups in total. The Morgan fingerprint density at radius 3 is 2.64 bits per heavy atom. The highest BCUT2D eigenvalue weighted by molar-refractivity contribution is 5.99. The number of carbonyl (C=O) groups excluding carboxylic acids is 1. The number of amides is 1. The quantitative estimate of drug-likeness (QED) is 0.575. The number of rotatable bonds is 5. The van der Waals surface area contributed by atoms with Gasteiger partial charge in [-0.25, -0.2) is 4.68 Å². The molecule has 0 unspecified atom stereocenters. The highest BCUT2D eigenvalue weighted by Gasteiger charge is 2.18. The second kappa shape index (κ2) is 7.88. The van der Waals surface area contributed by atoms with Gasteiger partial charge in [-0.2, -0.15) is 5.10 Å². The van der Waals surface area contributed by atoms with Gasteiger partial charge in [-0.1, -0.05) is 48.0 Å². The van der Waals surface area contributed by atoms with Gasteiger partial charge >= 0.3 is 0 Å². The molecule has 5 heteroatoms. The van der Waals surface area contributed by atoms with Crippen LogP contribution in [0.4, 0.5) is 0 Å². The third-order valence-corrected chi connectivity index (χ3v) is 4.45. The second-order valence-electron chi connectivity index (χ2n) is 6.58. The number of nitrogens with zero attached hydrogens (tertiary/aromatic N) is 3. The van der Waals surface area contributed by atoms with E-state index in [4.69, 9.17) is 0 Å². The van der Waals surface area contributed by atoms with Crippen LogP contribution in [0.5, 0.6) is 0 Å².